The highest BCUT2D eigenvalue weighted by Crippen LogP contribution is 2.58. The second kappa shape index (κ2) is 8.20. The molecule has 3 rings (SSSR count). The van der Waals surface area contributed by atoms with E-state index in [2.05, 4.69) is 15.0 Å². The molecule has 0 spiro atoms. The summed E-state index contributed by atoms with van der Waals surface area (Å²) in [4.78, 5) is 22.2. The molecule has 6 N–H and O–H groups in total. The highest BCUT2D eigenvalue weighted by Gasteiger charge is 2.50. The summed E-state index contributed by atoms with van der Waals surface area (Å²) in [5.41, 5.74) is 4.82. The topological polar surface area (TPSA) is 186 Å². The van der Waals surface area contributed by atoms with Gasteiger partial charge in [-0.05, 0) is 27.2 Å². The molecular formula is C17H27ClN5O7P. The van der Waals surface area contributed by atoms with E-state index in [-0.39, 0.29) is 35.1 Å². The Morgan fingerprint density at radius 3 is 2.58 bits per heavy atom. The Balaban J connectivity index is 1.82. The lowest BCUT2D eigenvalue weighted by Gasteiger charge is -2.35. The predicted molar refractivity (Wildman–Crippen MR) is 111 cm³/mol. The van der Waals surface area contributed by atoms with Crippen molar-refractivity contribution in [3.63, 3.8) is 0 Å². The molecule has 2 unspecified atom stereocenters. The first-order valence-electron chi connectivity index (χ1n) is 9.62. The number of aromatic nitrogens is 4. The number of ether oxygens (including phenoxy) is 1. The molecule has 1 aliphatic rings. The SMILES string of the molecule is CCC(C)(O)P(=O)(O)OC(C)(C)C[C@H]1O[C@@H](n2cnc3c(Cl)nc(N)nc32)[C@H](O)[C@@H]1O. The molecule has 174 valence electrons. The monoisotopic (exact) mass is 479 g/mol. The third-order valence-corrected chi connectivity index (χ3v) is 7.89. The first kappa shape index (κ1) is 24.3. The number of rotatable bonds is 7. The van der Waals surface area contributed by atoms with Crippen molar-refractivity contribution >= 4 is 36.3 Å². The van der Waals surface area contributed by atoms with Crippen LogP contribution in [0, 0.1) is 0 Å². The minimum absolute atomic E-state index is 0.00144. The number of anilines is 1. The Morgan fingerprint density at radius 2 is 1.97 bits per heavy atom. The van der Waals surface area contributed by atoms with Crippen LogP contribution in [0.4, 0.5) is 5.95 Å². The van der Waals surface area contributed by atoms with E-state index < -0.39 is 43.1 Å². The molecule has 0 bridgehead atoms. The number of nitrogens with zero attached hydrogens (tertiary/aromatic N) is 4. The van der Waals surface area contributed by atoms with E-state index in [0.29, 0.717) is 0 Å². The quantitative estimate of drug-likeness (QED) is 0.283. The van der Waals surface area contributed by atoms with Gasteiger partial charge in [-0.15, -0.1) is 0 Å². The Hall–Kier alpha value is -1.37. The van der Waals surface area contributed by atoms with Gasteiger partial charge in [-0.3, -0.25) is 9.13 Å². The standard InChI is InChI=1S/C17H27ClN5O7P/c1-5-17(4,26)31(27,28)30-16(2,3)6-8-10(24)11(25)14(29-8)23-7-20-9-12(18)21-15(19)22-13(9)23/h7-8,10-11,14,24-26H,5-6H2,1-4H3,(H,27,28)(H2,19,21,22)/t8-,10-,11-,14-,17?/m1/s1. The fourth-order valence-electron chi connectivity index (χ4n) is 3.37. The number of aliphatic hydroxyl groups is 3. The molecule has 0 aromatic carbocycles. The number of halogens is 1. The first-order chi connectivity index (χ1) is 14.2. The molecule has 0 aliphatic carbocycles. The van der Waals surface area contributed by atoms with Crippen molar-refractivity contribution in [1.82, 2.24) is 19.5 Å². The van der Waals surface area contributed by atoms with E-state index in [1.807, 2.05) is 0 Å². The van der Waals surface area contributed by atoms with Gasteiger partial charge < -0.3 is 35.2 Å². The highest BCUT2D eigenvalue weighted by atomic mass is 35.5. The molecule has 31 heavy (non-hydrogen) atoms. The van der Waals surface area contributed by atoms with Gasteiger partial charge in [0.05, 0.1) is 18.0 Å². The smallest absolute Gasteiger partial charge is 0.359 e. The number of imidazole rings is 1. The molecule has 12 nitrogen and oxygen atoms in total. The molecule has 1 aliphatic heterocycles. The van der Waals surface area contributed by atoms with Crippen LogP contribution in [0.2, 0.25) is 5.15 Å². The van der Waals surface area contributed by atoms with Gasteiger partial charge in [-0.2, -0.15) is 9.97 Å². The number of hydrogen-bond donors (Lipinski definition) is 5. The summed E-state index contributed by atoms with van der Waals surface area (Å²) in [5, 5.41) is 29.4. The minimum atomic E-state index is -4.42. The number of nitrogens with two attached hydrogens (primary N) is 1. The number of fused-ring (bicyclic) bond motifs is 1. The fourth-order valence-corrected chi connectivity index (χ4v) is 4.93. The summed E-state index contributed by atoms with van der Waals surface area (Å²) < 4.78 is 25.1. The maximum absolute atomic E-state index is 12.5. The molecule has 0 amide bonds. The van der Waals surface area contributed by atoms with Crippen LogP contribution in [0.15, 0.2) is 6.33 Å². The molecule has 1 saturated heterocycles. The molecule has 14 heteroatoms. The fraction of sp³-hybridized carbons (Fsp3) is 0.706. The van der Waals surface area contributed by atoms with Gasteiger partial charge in [0.1, 0.15) is 17.7 Å². The van der Waals surface area contributed by atoms with E-state index in [1.165, 1.54) is 31.7 Å². The van der Waals surface area contributed by atoms with Crippen LogP contribution in [-0.4, -0.2) is 69.0 Å². The van der Waals surface area contributed by atoms with Crippen LogP contribution in [-0.2, 0) is 13.8 Å². The van der Waals surface area contributed by atoms with Gasteiger partial charge in [0, 0.05) is 6.42 Å². The van der Waals surface area contributed by atoms with Crippen LogP contribution in [0.3, 0.4) is 0 Å². The summed E-state index contributed by atoms with van der Waals surface area (Å²) in [7, 11) is -4.42. The Kier molecular flexibility index (Phi) is 6.42. The van der Waals surface area contributed by atoms with Crippen molar-refractivity contribution < 1.29 is 34.0 Å². The summed E-state index contributed by atoms with van der Waals surface area (Å²) in [6, 6.07) is 0. The Labute approximate surface area is 183 Å². The molecule has 2 aromatic heterocycles. The van der Waals surface area contributed by atoms with Crippen LogP contribution < -0.4 is 5.73 Å². The van der Waals surface area contributed by atoms with Gasteiger partial charge in [-0.25, -0.2) is 4.98 Å². The molecule has 0 radical (unpaired) electrons. The van der Waals surface area contributed by atoms with Gasteiger partial charge in [0.25, 0.3) is 0 Å². The van der Waals surface area contributed by atoms with Crippen LogP contribution in [0.25, 0.3) is 11.2 Å². The van der Waals surface area contributed by atoms with Crippen molar-refractivity contribution in [2.45, 2.75) is 76.0 Å². The highest BCUT2D eigenvalue weighted by molar-refractivity contribution is 7.54. The summed E-state index contributed by atoms with van der Waals surface area (Å²) in [6.07, 6.45) is -3.48. The number of nitrogen functional groups attached to an aromatic ring is 1. The average Bonchev–Trinajstić information content (AvgIpc) is 3.16. The molecular weight excluding hydrogens is 453 g/mol. The summed E-state index contributed by atoms with van der Waals surface area (Å²) >= 11 is 6.03. The van der Waals surface area contributed by atoms with Crippen molar-refractivity contribution in [3.05, 3.63) is 11.5 Å². The second-order valence-corrected chi connectivity index (χ2v) is 10.9. The summed E-state index contributed by atoms with van der Waals surface area (Å²) in [5.74, 6) is -0.0972. The van der Waals surface area contributed by atoms with Gasteiger partial charge in [0.15, 0.2) is 22.4 Å². The lowest BCUT2D eigenvalue weighted by Crippen LogP contribution is -2.38. The van der Waals surface area contributed by atoms with E-state index in [1.54, 1.807) is 6.92 Å². The van der Waals surface area contributed by atoms with Crippen molar-refractivity contribution in [3.8, 4) is 0 Å². The Bertz CT molecular complexity index is 1020. The van der Waals surface area contributed by atoms with Crippen LogP contribution >= 0.6 is 19.2 Å². The third kappa shape index (κ3) is 4.57. The van der Waals surface area contributed by atoms with Crippen LogP contribution in [0.5, 0.6) is 0 Å². The molecule has 6 atom stereocenters. The van der Waals surface area contributed by atoms with Gasteiger partial charge in [0.2, 0.25) is 5.95 Å². The minimum Gasteiger partial charge on any atom is -0.388 e. The van der Waals surface area contributed by atoms with Crippen LogP contribution in [0.1, 0.15) is 46.8 Å². The third-order valence-electron chi connectivity index (χ3n) is 5.35. The van der Waals surface area contributed by atoms with E-state index in [9.17, 15) is 24.8 Å². The van der Waals surface area contributed by atoms with E-state index in [0.717, 1.165) is 0 Å². The normalized spacial score (nSPS) is 28.5. The molecule has 0 saturated carbocycles. The van der Waals surface area contributed by atoms with Crippen molar-refractivity contribution in [1.29, 1.82) is 0 Å². The maximum atomic E-state index is 12.5. The van der Waals surface area contributed by atoms with Crippen molar-refractivity contribution in [2.75, 3.05) is 5.73 Å². The maximum Gasteiger partial charge on any atom is 0.359 e. The van der Waals surface area contributed by atoms with Gasteiger partial charge >= 0.3 is 7.60 Å². The zero-order valence-electron chi connectivity index (χ0n) is 17.5. The summed E-state index contributed by atoms with van der Waals surface area (Å²) in [6.45, 7) is 5.82. The van der Waals surface area contributed by atoms with E-state index in [4.69, 9.17) is 26.6 Å². The lowest BCUT2D eigenvalue weighted by molar-refractivity contribution is -0.0636. The predicted octanol–water partition coefficient (Wildman–Crippen LogP) is 1.17. The van der Waals surface area contributed by atoms with Gasteiger partial charge in [-0.1, -0.05) is 18.5 Å². The zero-order chi connectivity index (χ0) is 23.4. The zero-order valence-corrected chi connectivity index (χ0v) is 19.2. The molecule has 2 aromatic rings. The number of aliphatic hydroxyl groups excluding tert-OH is 2. The van der Waals surface area contributed by atoms with E-state index >= 15 is 0 Å². The molecule has 3 heterocycles. The Morgan fingerprint density at radius 1 is 1.32 bits per heavy atom. The first-order valence-corrected chi connectivity index (χ1v) is 11.6. The average molecular weight is 480 g/mol. The van der Waals surface area contributed by atoms with Crippen molar-refractivity contribution in [2.24, 2.45) is 0 Å². The second-order valence-electron chi connectivity index (χ2n) is 8.39. The largest absolute Gasteiger partial charge is 0.388 e. The lowest BCUT2D eigenvalue weighted by atomic mass is 9.97. The molecule has 1 fully saturated rings. The number of hydrogen-bond acceptors (Lipinski definition) is 10.